The predicted molar refractivity (Wildman–Crippen MR) is 116 cm³/mol. The summed E-state index contributed by atoms with van der Waals surface area (Å²) in [6.45, 7) is -0.482. The Kier molecular flexibility index (Phi) is 7.03. The molecule has 0 aliphatic carbocycles. The Morgan fingerprint density at radius 1 is 1.06 bits per heavy atom. The van der Waals surface area contributed by atoms with Crippen molar-refractivity contribution >= 4 is 40.6 Å². The molecule has 1 saturated heterocycles. The minimum atomic E-state index is -1.09. The SMILES string of the molecule is COc1ccc(N=C2NC(=O)/C(=C\c3ccc(OCC(=O)O)c(OC)c3)S2)c(OC)c1. The van der Waals surface area contributed by atoms with Gasteiger partial charge in [-0.3, -0.25) is 4.79 Å². The number of amides is 1. The molecule has 1 fully saturated rings. The van der Waals surface area contributed by atoms with E-state index < -0.39 is 12.6 Å². The lowest BCUT2D eigenvalue weighted by Gasteiger charge is -2.09. The van der Waals surface area contributed by atoms with Gasteiger partial charge in [0.2, 0.25) is 0 Å². The zero-order chi connectivity index (χ0) is 22.4. The summed E-state index contributed by atoms with van der Waals surface area (Å²) in [5.41, 5.74) is 1.23. The maximum Gasteiger partial charge on any atom is 0.341 e. The van der Waals surface area contributed by atoms with Crippen LogP contribution in [0.5, 0.6) is 23.0 Å². The van der Waals surface area contributed by atoms with Gasteiger partial charge < -0.3 is 29.4 Å². The lowest BCUT2D eigenvalue weighted by molar-refractivity contribution is -0.139. The van der Waals surface area contributed by atoms with E-state index in [0.29, 0.717) is 44.3 Å². The van der Waals surface area contributed by atoms with Crippen molar-refractivity contribution in [3.63, 3.8) is 0 Å². The summed E-state index contributed by atoms with van der Waals surface area (Å²) in [6, 6.07) is 10.1. The topological polar surface area (TPSA) is 116 Å². The van der Waals surface area contributed by atoms with Crippen molar-refractivity contribution in [2.45, 2.75) is 0 Å². The van der Waals surface area contributed by atoms with Gasteiger partial charge >= 0.3 is 5.97 Å². The fraction of sp³-hybridized carbons (Fsp3) is 0.190. The van der Waals surface area contributed by atoms with Gasteiger partial charge in [-0.25, -0.2) is 9.79 Å². The molecule has 0 aromatic heterocycles. The van der Waals surface area contributed by atoms with Gasteiger partial charge in [-0.2, -0.15) is 0 Å². The van der Waals surface area contributed by atoms with E-state index in [4.69, 9.17) is 24.1 Å². The average Bonchev–Trinajstić information content (AvgIpc) is 3.11. The van der Waals surface area contributed by atoms with Gasteiger partial charge in [-0.1, -0.05) is 6.07 Å². The fourth-order valence-corrected chi connectivity index (χ4v) is 3.49. The Bertz CT molecular complexity index is 1070. The lowest BCUT2D eigenvalue weighted by Crippen LogP contribution is -2.19. The molecule has 1 aliphatic heterocycles. The molecule has 31 heavy (non-hydrogen) atoms. The predicted octanol–water partition coefficient (Wildman–Crippen LogP) is 3.07. The third-order valence-corrected chi connectivity index (χ3v) is 5.01. The normalized spacial score (nSPS) is 15.6. The first-order valence-corrected chi connectivity index (χ1v) is 9.79. The summed E-state index contributed by atoms with van der Waals surface area (Å²) in [5.74, 6) is 0.421. The molecule has 1 aliphatic rings. The third-order valence-electron chi connectivity index (χ3n) is 4.10. The number of nitrogens with one attached hydrogen (secondary N) is 1. The molecule has 0 unspecified atom stereocenters. The van der Waals surface area contributed by atoms with E-state index in [-0.39, 0.29) is 5.91 Å². The summed E-state index contributed by atoms with van der Waals surface area (Å²) in [6.07, 6.45) is 1.68. The van der Waals surface area contributed by atoms with Gasteiger partial charge in [0.05, 0.1) is 26.2 Å². The minimum absolute atomic E-state index is 0.290. The molecule has 0 bridgehead atoms. The number of carboxylic acids is 1. The lowest BCUT2D eigenvalue weighted by atomic mass is 10.2. The highest BCUT2D eigenvalue weighted by Crippen LogP contribution is 2.35. The summed E-state index contributed by atoms with van der Waals surface area (Å²) in [4.78, 5) is 28.0. The van der Waals surface area contributed by atoms with Crippen LogP contribution in [0.4, 0.5) is 5.69 Å². The van der Waals surface area contributed by atoms with Gasteiger partial charge in [0.1, 0.15) is 17.2 Å². The molecule has 3 rings (SSSR count). The molecular weight excluding hydrogens is 424 g/mol. The van der Waals surface area contributed by atoms with Crippen LogP contribution in [0.15, 0.2) is 46.3 Å². The van der Waals surface area contributed by atoms with E-state index in [1.54, 1.807) is 49.6 Å². The average molecular weight is 444 g/mol. The summed E-state index contributed by atoms with van der Waals surface area (Å²) in [7, 11) is 4.54. The van der Waals surface area contributed by atoms with E-state index in [9.17, 15) is 9.59 Å². The first-order chi connectivity index (χ1) is 14.9. The van der Waals surface area contributed by atoms with Crippen LogP contribution in [0, 0.1) is 0 Å². The number of hydrogen-bond donors (Lipinski definition) is 2. The Labute approximate surface area is 182 Å². The number of carboxylic acid groups (broad SMARTS) is 1. The number of thioether (sulfide) groups is 1. The molecule has 1 amide bonds. The second-order valence-corrected chi connectivity index (χ2v) is 7.14. The zero-order valence-corrected chi connectivity index (χ0v) is 17.8. The number of aliphatic carboxylic acids is 1. The van der Waals surface area contributed by atoms with Gasteiger partial charge in [-0.05, 0) is 47.7 Å². The molecule has 9 nitrogen and oxygen atoms in total. The Morgan fingerprint density at radius 3 is 2.52 bits per heavy atom. The Morgan fingerprint density at radius 2 is 1.84 bits per heavy atom. The number of aliphatic imine (C=N–C) groups is 1. The Hall–Kier alpha value is -3.66. The molecule has 2 N–H and O–H groups in total. The summed E-state index contributed by atoms with van der Waals surface area (Å²) >= 11 is 1.18. The Balaban J connectivity index is 1.81. The van der Waals surface area contributed by atoms with E-state index in [2.05, 4.69) is 10.3 Å². The molecule has 1 heterocycles. The number of carbonyl (C=O) groups is 2. The standard InChI is InChI=1S/C21H20N2O7S/c1-27-13-5-6-14(16(10-13)28-2)22-21-23-20(26)18(31-21)9-12-4-7-15(17(8-12)29-3)30-11-19(24)25/h4-10H,11H2,1-3H3,(H,24,25)(H,22,23,26)/b18-9+. The maximum absolute atomic E-state index is 12.4. The maximum atomic E-state index is 12.4. The van der Waals surface area contributed by atoms with Gasteiger partial charge in [-0.15, -0.1) is 0 Å². The van der Waals surface area contributed by atoms with Crippen LogP contribution in [-0.2, 0) is 9.59 Å². The van der Waals surface area contributed by atoms with Gasteiger partial charge in [0.25, 0.3) is 5.91 Å². The number of methoxy groups -OCH3 is 3. The van der Waals surface area contributed by atoms with E-state index >= 15 is 0 Å². The van der Waals surface area contributed by atoms with E-state index in [0.717, 1.165) is 0 Å². The molecule has 10 heteroatoms. The number of carbonyl (C=O) groups excluding carboxylic acids is 1. The quantitative estimate of drug-likeness (QED) is 0.597. The van der Waals surface area contributed by atoms with Crippen molar-refractivity contribution in [2.24, 2.45) is 4.99 Å². The van der Waals surface area contributed by atoms with E-state index in [1.807, 2.05) is 0 Å². The largest absolute Gasteiger partial charge is 0.497 e. The van der Waals surface area contributed by atoms with Gasteiger partial charge in [0.15, 0.2) is 23.3 Å². The first-order valence-electron chi connectivity index (χ1n) is 8.97. The van der Waals surface area contributed by atoms with Crippen LogP contribution in [0.3, 0.4) is 0 Å². The fourth-order valence-electron chi connectivity index (χ4n) is 2.65. The van der Waals surface area contributed by atoms with Crippen molar-refractivity contribution < 1.29 is 33.6 Å². The van der Waals surface area contributed by atoms with Crippen molar-refractivity contribution in [3.05, 3.63) is 46.9 Å². The van der Waals surface area contributed by atoms with Crippen LogP contribution in [0.25, 0.3) is 6.08 Å². The van der Waals surface area contributed by atoms with Crippen LogP contribution in [0.2, 0.25) is 0 Å². The highest BCUT2D eigenvalue weighted by molar-refractivity contribution is 8.18. The van der Waals surface area contributed by atoms with Crippen molar-refractivity contribution in [3.8, 4) is 23.0 Å². The zero-order valence-electron chi connectivity index (χ0n) is 17.0. The van der Waals surface area contributed by atoms with Crippen molar-refractivity contribution in [2.75, 3.05) is 27.9 Å². The smallest absolute Gasteiger partial charge is 0.341 e. The summed E-state index contributed by atoms with van der Waals surface area (Å²) < 4.78 is 20.9. The number of amidine groups is 1. The second-order valence-electron chi connectivity index (χ2n) is 6.11. The van der Waals surface area contributed by atoms with Crippen LogP contribution >= 0.6 is 11.8 Å². The number of hydrogen-bond acceptors (Lipinski definition) is 8. The number of nitrogens with zero attached hydrogens (tertiary/aromatic N) is 1. The summed E-state index contributed by atoms with van der Waals surface area (Å²) in [5, 5.41) is 11.9. The molecule has 2 aromatic carbocycles. The highest BCUT2D eigenvalue weighted by Gasteiger charge is 2.24. The molecule has 162 valence electrons. The first kappa shape index (κ1) is 22.0. The highest BCUT2D eigenvalue weighted by atomic mass is 32.2. The van der Waals surface area contributed by atoms with E-state index in [1.165, 1.54) is 26.0 Å². The van der Waals surface area contributed by atoms with Crippen LogP contribution in [-0.4, -0.2) is 50.1 Å². The molecule has 0 atom stereocenters. The number of rotatable bonds is 8. The molecular formula is C21H20N2O7S. The van der Waals surface area contributed by atoms with Gasteiger partial charge in [0, 0.05) is 6.07 Å². The minimum Gasteiger partial charge on any atom is -0.497 e. The third kappa shape index (κ3) is 5.48. The number of ether oxygens (including phenoxy) is 4. The molecule has 0 saturated carbocycles. The van der Waals surface area contributed by atoms with Crippen LogP contribution < -0.4 is 24.3 Å². The van der Waals surface area contributed by atoms with Crippen LogP contribution in [0.1, 0.15) is 5.56 Å². The number of benzene rings is 2. The monoisotopic (exact) mass is 444 g/mol. The second kappa shape index (κ2) is 9.90. The van der Waals surface area contributed by atoms with Crippen molar-refractivity contribution in [1.29, 1.82) is 0 Å². The van der Waals surface area contributed by atoms with Crippen molar-refractivity contribution in [1.82, 2.24) is 5.32 Å². The molecule has 0 spiro atoms. The molecule has 0 radical (unpaired) electrons. The molecule has 2 aromatic rings.